The maximum absolute atomic E-state index is 13.4. The molecule has 3 aromatic rings. The minimum atomic E-state index is -0.459. The van der Waals surface area contributed by atoms with Gasteiger partial charge >= 0.3 is 0 Å². The van der Waals surface area contributed by atoms with E-state index in [9.17, 15) is 9.90 Å². The largest absolute Gasteiger partial charge is 0.507 e. The van der Waals surface area contributed by atoms with Gasteiger partial charge in [0.15, 0.2) is 11.5 Å². The summed E-state index contributed by atoms with van der Waals surface area (Å²) in [5.74, 6) is 1.28. The fourth-order valence-electron chi connectivity index (χ4n) is 3.48. The van der Waals surface area contributed by atoms with Gasteiger partial charge in [0.25, 0.3) is 5.91 Å². The molecular formula is C21H15BrN2O4. The van der Waals surface area contributed by atoms with Crippen molar-refractivity contribution < 1.29 is 19.4 Å². The molecule has 2 heterocycles. The van der Waals surface area contributed by atoms with Crippen LogP contribution in [0.25, 0.3) is 0 Å². The first kappa shape index (κ1) is 16.9. The number of rotatable bonds is 2. The van der Waals surface area contributed by atoms with Crippen molar-refractivity contribution >= 4 is 33.2 Å². The molecule has 1 atom stereocenters. The molecule has 0 aliphatic carbocycles. The Hall–Kier alpha value is -3.19. The number of phenolic OH excluding ortho intramolecular Hbond substituents is 1. The van der Waals surface area contributed by atoms with Crippen LogP contribution < -0.4 is 19.7 Å². The lowest BCUT2D eigenvalue weighted by Crippen LogP contribution is -2.43. The smallest absolute Gasteiger partial charge is 0.262 e. The van der Waals surface area contributed by atoms with Crippen LogP contribution in [0, 0.1) is 0 Å². The minimum absolute atomic E-state index is 0.123. The van der Waals surface area contributed by atoms with Crippen molar-refractivity contribution in [2.75, 3.05) is 17.0 Å². The second-order valence-corrected chi connectivity index (χ2v) is 7.37. The van der Waals surface area contributed by atoms with E-state index < -0.39 is 6.17 Å². The summed E-state index contributed by atoms with van der Waals surface area (Å²) < 4.78 is 11.4. The molecule has 5 rings (SSSR count). The zero-order valence-corrected chi connectivity index (χ0v) is 16.1. The van der Waals surface area contributed by atoms with Crippen molar-refractivity contribution in [3.05, 3.63) is 76.3 Å². The molecule has 0 saturated carbocycles. The summed E-state index contributed by atoms with van der Waals surface area (Å²) in [5, 5.41) is 13.3. The average Bonchev–Trinajstić information content (AvgIpc) is 3.18. The Bertz CT molecular complexity index is 1100. The highest BCUT2D eigenvalue weighted by atomic mass is 79.9. The van der Waals surface area contributed by atoms with Gasteiger partial charge in [0.2, 0.25) is 6.79 Å². The number of nitrogens with one attached hydrogen (secondary N) is 1. The zero-order chi connectivity index (χ0) is 19.3. The Balaban J connectivity index is 1.66. The monoisotopic (exact) mass is 438 g/mol. The summed E-state index contributed by atoms with van der Waals surface area (Å²) in [5.41, 5.74) is 2.86. The van der Waals surface area contributed by atoms with Crippen LogP contribution in [0.5, 0.6) is 17.2 Å². The fraction of sp³-hybridized carbons (Fsp3) is 0.0952. The number of fused-ring (bicyclic) bond motifs is 2. The number of aromatic hydroxyl groups is 1. The van der Waals surface area contributed by atoms with Crippen LogP contribution in [0.15, 0.2) is 65.1 Å². The highest BCUT2D eigenvalue weighted by Gasteiger charge is 2.35. The Labute approximate surface area is 169 Å². The van der Waals surface area contributed by atoms with Gasteiger partial charge in [-0.3, -0.25) is 9.69 Å². The van der Waals surface area contributed by atoms with E-state index in [4.69, 9.17) is 9.47 Å². The molecule has 2 N–H and O–H groups in total. The number of carbonyl (C=O) groups excluding carboxylic acids is 1. The van der Waals surface area contributed by atoms with Gasteiger partial charge < -0.3 is 19.9 Å². The van der Waals surface area contributed by atoms with E-state index in [1.807, 2.05) is 24.3 Å². The van der Waals surface area contributed by atoms with Crippen molar-refractivity contribution in [1.82, 2.24) is 0 Å². The van der Waals surface area contributed by atoms with Gasteiger partial charge in [-0.05, 0) is 57.9 Å². The molecule has 2 aliphatic heterocycles. The number of carbonyl (C=O) groups is 1. The van der Waals surface area contributed by atoms with Crippen molar-refractivity contribution in [3.63, 3.8) is 0 Å². The van der Waals surface area contributed by atoms with Crippen LogP contribution in [-0.4, -0.2) is 17.8 Å². The Morgan fingerprint density at radius 3 is 2.71 bits per heavy atom. The Morgan fingerprint density at radius 2 is 1.86 bits per heavy atom. The number of ether oxygens (including phenoxy) is 2. The van der Waals surface area contributed by atoms with Crippen molar-refractivity contribution in [2.24, 2.45) is 0 Å². The summed E-state index contributed by atoms with van der Waals surface area (Å²) in [7, 11) is 0. The number of para-hydroxylation sites is 1. The number of benzene rings is 3. The number of nitrogens with zero attached hydrogens (tertiary/aromatic N) is 1. The summed E-state index contributed by atoms with van der Waals surface area (Å²) in [6.07, 6.45) is -0.459. The average molecular weight is 439 g/mol. The van der Waals surface area contributed by atoms with Gasteiger partial charge in [0.1, 0.15) is 11.9 Å². The van der Waals surface area contributed by atoms with E-state index in [-0.39, 0.29) is 18.4 Å². The van der Waals surface area contributed by atoms with E-state index in [1.54, 1.807) is 41.3 Å². The lowest BCUT2D eigenvalue weighted by Gasteiger charge is -2.38. The normalized spacial score (nSPS) is 17.2. The summed E-state index contributed by atoms with van der Waals surface area (Å²) in [6.45, 7) is 0.169. The second kappa shape index (κ2) is 6.45. The third-order valence-electron chi connectivity index (χ3n) is 4.85. The van der Waals surface area contributed by atoms with Crippen LogP contribution in [0.3, 0.4) is 0 Å². The molecule has 1 unspecified atom stereocenters. The number of anilines is 2. The van der Waals surface area contributed by atoms with Gasteiger partial charge in [-0.25, -0.2) is 0 Å². The Morgan fingerprint density at radius 1 is 1.04 bits per heavy atom. The summed E-state index contributed by atoms with van der Waals surface area (Å²) in [6, 6.07) is 18.0. The lowest BCUT2D eigenvalue weighted by atomic mass is 10.0. The first-order chi connectivity index (χ1) is 13.6. The predicted octanol–water partition coefficient (Wildman–Crippen LogP) is 4.65. The summed E-state index contributed by atoms with van der Waals surface area (Å²) >= 11 is 3.36. The van der Waals surface area contributed by atoms with Gasteiger partial charge in [0, 0.05) is 11.8 Å². The highest BCUT2D eigenvalue weighted by Crippen LogP contribution is 2.42. The van der Waals surface area contributed by atoms with Gasteiger partial charge in [-0.1, -0.05) is 18.2 Å². The quantitative estimate of drug-likeness (QED) is 0.608. The van der Waals surface area contributed by atoms with Gasteiger partial charge in [-0.15, -0.1) is 0 Å². The predicted molar refractivity (Wildman–Crippen MR) is 108 cm³/mol. The molecule has 3 aromatic carbocycles. The molecule has 0 spiro atoms. The van der Waals surface area contributed by atoms with Crippen molar-refractivity contribution in [2.45, 2.75) is 6.17 Å². The van der Waals surface area contributed by atoms with Crippen LogP contribution >= 0.6 is 15.9 Å². The molecule has 140 valence electrons. The third-order valence-corrected chi connectivity index (χ3v) is 5.48. The molecule has 7 heteroatoms. The molecule has 6 nitrogen and oxygen atoms in total. The summed E-state index contributed by atoms with van der Waals surface area (Å²) in [4.78, 5) is 15.1. The van der Waals surface area contributed by atoms with E-state index >= 15 is 0 Å². The first-order valence-corrected chi connectivity index (χ1v) is 9.48. The molecule has 0 fully saturated rings. The van der Waals surface area contributed by atoms with Crippen LogP contribution in [0.2, 0.25) is 0 Å². The van der Waals surface area contributed by atoms with Crippen molar-refractivity contribution in [3.8, 4) is 17.2 Å². The standard InChI is InChI=1S/C21H15BrN2O4/c22-15-9-12(5-7-17(15)25)20-23-16-4-2-1-3-14(16)21(26)24(20)13-6-8-18-19(10-13)28-11-27-18/h1-10,20,23,25H,11H2. The molecular weight excluding hydrogens is 424 g/mol. The highest BCUT2D eigenvalue weighted by molar-refractivity contribution is 9.10. The number of phenols is 1. The number of amides is 1. The van der Waals surface area contributed by atoms with E-state index in [2.05, 4.69) is 21.2 Å². The van der Waals surface area contributed by atoms with Crippen LogP contribution in [-0.2, 0) is 0 Å². The minimum Gasteiger partial charge on any atom is -0.507 e. The van der Waals surface area contributed by atoms with E-state index in [0.29, 0.717) is 27.2 Å². The molecule has 0 radical (unpaired) electrons. The first-order valence-electron chi connectivity index (χ1n) is 8.69. The Kier molecular flexibility index (Phi) is 3.91. The maximum Gasteiger partial charge on any atom is 0.262 e. The number of halogens is 1. The molecule has 2 aliphatic rings. The van der Waals surface area contributed by atoms with Crippen LogP contribution in [0.1, 0.15) is 22.1 Å². The second-order valence-electron chi connectivity index (χ2n) is 6.52. The molecule has 0 bridgehead atoms. The van der Waals surface area contributed by atoms with E-state index in [0.717, 1.165) is 11.3 Å². The molecule has 28 heavy (non-hydrogen) atoms. The zero-order valence-electron chi connectivity index (χ0n) is 14.6. The lowest BCUT2D eigenvalue weighted by molar-refractivity contribution is 0.0975. The maximum atomic E-state index is 13.4. The molecule has 1 amide bonds. The molecule has 0 saturated heterocycles. The fourth-order valence-corrected chi connectivity index (χ4v) is 3.88. The molecule has 0 aromatic heterocycles. The van der Waals surface area contributed by atoms with E-state index in [1.165, 1.54) is 0 Å². The topological polar surface area (TPSA) is 71.0 Å². The van der Waals surface area contributed by atoms with Crippen LogP contribution in [0.4, 0.5) is 11.4 Å². The number of hydrogen-bond donors (Lipinski definition) is 2. The number of hydrogen-bond acceptors (Lipinski definition) is 5. The van der Waals surface area contributed by atoms with Crippen molar-refractivity contribution in [1.29, 1.82) is 0 Å². The van der Waals surface area contributed by atoms with Gasteiger partial charge in [-0.2, -0.15) is 0 Å². The third kappa shape index (κ3) is 2.66. The SMILES string of the molecule is O=C1c2ccccc2NC(c2ccc(O)c(Br)c2)N1c1ccc2c(c1)OCO2. The van der Waals surface area contributed by atoms with Gasteiger partial charge in [0.05, 0.1) is 15.7 Å².